The van der Waals surface area contributed by atoms with Crippen LogP contribution in [-0.2, 0) is 6.42 Å². The number of nitrogens with zero attached hydrogens (tertiary/aromatic N) is 1. The van der Waals surface area contributed by atoms with Crippen LogP contribution in [0.25, 0.3) is 0 Å². The van der Waals surface area contributed by atoms with Gasteiger partial charge in [0.1, 0.15) is 5.82 Å². The van der Waals surface area contributed by atoms with Crippen LogP contribution >= 0.6 is 0 Å². The Morgan fingerprint density at radius 3 is 2.78 bits per heavy atom. The van der Waals surface area contributed by atoms with Gasteiger partial charge in [-0.05, 0) is 29.2 Å². The number of pyridine rings is 1. The fraction of sp³-hybridized carbons (Fsp3) is 0.214. The zero-order chi connectivity index (χ0) is 13.0. The Bertz CT molecular complexity index is 528. The monoisotopic (exact) mass is 245 g/mol. The molecule has 0 aliphatic rings. The zero-order valence-electron chi connectivity index (χ0n) is 10.2. The van der Waals surface area contributed by atoms with Gasteiger partial charge in [-0.25, -0.2) is 9.82 Å². The highest BCUT2D eigenvalue weighted by Gasteiger charge is 2.15. The number of nitrogens with two attached hydrogens (primary N) is 1. The molecule has 0 fully saturated rings. The standard InChI is InChI=1S/C14H16FN3/c1-2-10-5-3-4-6-13(10)14(18-16)11-7-12(15)9-17-8-11/h3-9,14,18H,2,16H2,1H3. The number of aromatic nitrogens is 1. The van der Waals surface area contributed by atoms with Crippen molar-refractivity contribution in [2.45, 2.75) is 19.4 Å². The molecule has 1 unspecified atom stereocenters. The molecule has 18 heavy (non-hydrogen) atoms. The van der Waals surface area contributed by atoms with Crippen molar-refractivity contribution in [3.05, 3.63) is 65.2 Å². The van der Waals surface area contributed by atoms with Crippen LogP contribution in [0, 0.1) is 5.82 Å². The molecule has 1 aromatic carbocycles. The van der Waals surface area contributed by atoms with E-state index >= 15 is 0 Å². The largest absolute Gasteiger partial charge is 0.271 e. The van der Waals surface area contributed by atoms with Gasteiger partial charge in [-0.15, -0.1) is 0 Å². The number of aryl methyl sites for hydroxylation is 1. The first kappa shape index (κ1) is 12.7. The predicted molar refractivity (Wildman–Crippen MR) is 69.2 cm³/mol. The molecule has 0 radical (unpaired) electrons. The average molecular weight is 245 g/mol. The minimum atomic E-state index is -0.360. The van der Waals surface area contributed by atoms with Crippen molar-refractivity contribution in [3.63, 3.8) is 0 Å². The lowest BCUT2D eigenvalue weighted by Crippen LogP contribution is -2.29. The first-order chi connectivity index (χ1) is 8.76. The summed E-state index contributed by atoms with van der Waals surface area (Å²) in [5, 5.41) is 0. The van der Waals surface area contributed by atoms with E-state index in [0.29, 0.717) is 0 Å². The lowest BCUT2D eigenvalue weighted by atomic mass is 9.95. The molecule has 2 rings (SSSR count). The van der Waals surface area contributed by atoms with Crippen molar-refractivity contribution in [1.29, 1.82) is 0 Å². The molecule has 94 valence electrons. The van der Waals surface area contributed by atoms with E-state index < -0.39 is 0 Å². The Labute approximate surface area is 106 Å². The topological polar surface area (TPSA) is 50.9 Å². The minimum absolute atomic E-state index is 0.246. The summed E-state index contributed by atoms with van der Waals surface area (Å²) in [7, 11) is 0. The molecule has 1 aromatic heterocycles. The normalized spacial score (nSPS) is 12.4. The van der Waals surface area contributed by atoms with E-state index in [9.17, 15) is 4.39 Å². The molecule has 3 N–H and O–H groups in total. The maximum atomic E-state index is 13.2. The van der Waals surface area contributed by atoms with Gasteiger partial charge >= 0.3 is 0 Å². The van der Waals surface area contributed by atoms with Crippen LogP contribution in [0.5, 0.6) is 0 Å². The van der Waals surface area contributed by atoms with E-state index in [2.05, 4.69) is 17.3 Å². The van der Waals surface area contributed by atoms with Crippen LogP contribution < -0.4 is 11.3 Å². The molecule has 4 heteroatoms. The highest BCUT2D eigenvalue weighted by atomic mass is 19.1. The Balaban J connectivity index is 2.45. The number of benzene rings is 1. The molecule has 1 atom stereocenters. The number of hydrogen-bond donors (Lipinski definition) is 2. The molecule has 0 amide bonds. The third-order valence-electron chi connectivity index (χ3n) is 2.97. The Kier molecular flexibility index (Phi) is 4.02. The molecule has 0 aliphatic heterocycles. The van der Waals surface area contributed by atoms with E-state index in [1.165, 1.54) is 17.8 Å². The van der Waals surface area contributed by atoms with Crippen LogP contribution in [-0.4, -0.2) is 4.98 Å². The van der Waals surface area contributed by atoms with Crippen LogP contribution in [0.4, 0.5) is 4.39 Å². The highest BCUT2D eigenvalue weighted by molar-refractivity contribution is 5.36. The van der Waals surface area contributed by atoms with Crippen molar-refractivity contribution in [3.8, 4) is 0 Å². The lowest BCUT2D eigenvalue weighted by Gasteiger charge is -2.19. The summed E-state index contributed by atoms with van der Waals surface area (Å²) in [6, 6.07) is 9.18. The Morgan fingerprint density at radius 1 is 1.33 bits per heavy atom. The molecule has 0 spiro atoms. The SMILES string of the molecule is CCc1ccccc1C(NN)c1cncc(F)c1. The molecule has 3 nitrogen and oxygen atoms in total. The smallest absolute Gasteiger partial charge is 0.141 e. The van der Waals surface area contributed by atoms with E-state index in [-0.39, 0.29) is 11.9 Å². The molecule has 0 saturated heterocycles. The summed E-state index contributed by atoms with van der Waals surface area (Å²) in [6.07, 6.45) is 3.71. The summed E-state index contributed by atoms with van der Waals surface area (Å²) in [4.78, 5) is 3.86. The number of nitrogens with one attached hydrogen (secondary N) is 1. The van der Waals surface area contributed by atoms with Gasteiger partial charge in [0.2, 0.25) is 0 Å². The van der Waals surface area contributed by atoms with Gasteiger partial charge in [-0.1, -0.05) is 31.2 Å². The molecule has 1 heterocycles. The van der Waals surface area contributed by atoms with Crippen LogP contribution in [0.15, 0.2) is 42.7 Å². The van der Waals surface area contributed by atoms with Crippen molar-refractivity contribution in [2.75, 3.05) is 0 Å². The summed E-state index contributed by atoms with van der Waals surface area (Å²) in [5.74, 6) is 5.25. The van der Waals surface area contributed by atoms with Gasteiger partial charge in [0.05, 0.1) is 12.2 Å². The van der Waals surface area contributed by atoms with Crippen molar-refractivity contribution in [2.24, 2.45) is 5.84 Å². The second kappa shape index (κ2) is 5.71. The second-order valence-corrected chi connectivity index (χ2v) is 4.09. The van der Waals surface area contributed by atoms with E-state index in [0.717, 1.165) is 17.5 Å². The van der Waals surface area contributed by atoms with Crippen LogP contribution in [0.1, 0.15) is 29.7 Å². The fourth-order valence-corrected chi connectivity index (χ4v) is 2.09. The summed E-state index contributed by atoms with van der Waals surface area (Å²) in [5.41, 5.74) is 5.69. The van der Waals surface area contributed by atoms with Gasteiger partial charge in [-0.3, -0.25) is 10.8 Å². The third-order valence-corrected chi connectivity index (χ3v) is 2.97. The number of halogens is 1. The van der Waals surface area contributed by atoms with E-state index in [1.54, 1.807) is 6.20 Å². The first-order valence-corrected chi connectivity index (χ1v) is 5.90. The quantitative estimate of drug-likeness (QED) is 0.642. The van der Waals surface area contributed by atoms with E-state index in [1.807, 2.05) is 24.3 Å². The summed E-state index contributed by atoms with van der Waals surface area (Å²) < 4.78 is 13.2. The maximum absolute atomic E-state index is 13.2. The minimum Gasteiger partial charge on any atom is -0.271 e. The number of hydrogen-bond acceptors (Lipinski definition) is 3. The molecule has 0 bridgehead atoms. The third kappa shape index (κ3) is 2.55. The average Bonchev–Trinajstić information content (AvgIpc) is 2.40. The zero-order valence-corrected chi connectivity index (χ0v) is 10.2. The fourth-order valence-electron chi connectivity index (χ4n) is 2.09. The molecule has 0 saturated carbocycles. The predicted octanol–water partition coefficient (Wildman–Crippen LogP) is 2.34. The highest BCUT2D eigenvalue weighted by Crippen LogP contribution is 2.24. The molecule has 2 aromatic rings. The van der Waals surface area contributed by atoms with Gasteiger partial charge in [0.25, 0.3) is 0 Å². The Morgan fingerprint density at radius 2 is 2.11 bits per heavy atom. The Hall–Kier alpha value is -1.78. The van der Waals surface area contributed by atoms with Crippen molar-refractivity contribution >= 4 is 0 Å². The second-order valence-electron chi connectivity index (χ2n) is 4.09. The molecule has 0 aliphatic carbocycles. The first-order valence-electron chi connectivity index (χ1n) is 5.90. The van der Waals surface area contributed by atoms with Gasteiger partial charge in [0, 0.05) is 6.20 Å². The molecular weight excluding hydrogens is 229 g/mol. The number of hydrazine groups is 1. The van der Waals surface area contributed by atoms with Crippen LogP contribution in [0.3, 0.4) is 0 Å². The number of rotatable bonds is 4. The summed E-state index contributed by atoms with van der Waals surface area (Å²) in [6.45, 7) is 2.08. The summed E-state index contributed by atoms with van der Waals surface area (Å²) >= 11 is 0. The van der Waals surface area contributed by atoms with Gasteiger partial charge < -0.3 is 0 Å². The molecular formula is C14H16FN3. The van der Waals surface area contributed by atoms with Crippen molar-refractivity contribution in [1.82, 2.24) is 10.4 Å². The van der Waals surface area contributed by atoms with Gasteiger partial charge in [0.15, 0.2) is 0 Å². The van der Waals surface area contributed by atoms with Crippen molar-refractivity contribution < 1.29 is 4.39 Å². The van der Waals surface area contributed by atoms with Gasteiger partial charge in [-0.2, -0.15) is 0 Å². The van der Waals surface area contributed by atoms with Crippen LogP contribution in [0.2, 0.25) is 0 Å². The van der Waals surface area contributed by atoms with E-state index in [4.69, 9.17) is 5.84 Å². The lowest BCUT2D eigenvalue weighted by molar-refractivity contribution is 0.596. The maximum Gasteiger partial charge on any atom is 0.141 e.